The number of fused-ring (bicyclic) bond motifs is 1. The highest BCUT2D eigenvalue weighted by Gasteiger charge is 2.28. The van der Waals surface area contributed by atoms with Crippen molar-refractivity contribution in [3.05, 3.63) is 60.4 Å². The Morgan fingerprint density at radius 2 is 2.09 bits per heavy atom. The van der Waals surface area contributed by atoms with E-state index in [0.717, 1.165) is 17.2 Å². The van der Waals surface area contributed by atoms with Gasteiger partial charge in [0, 0.05) is 36.4 Å². The van der Waals surface area contributed by atoms with Gasteiger partial charge in [-0.05, 0) is 30.0 Å². The smallest absolute Gasteiger partial charge is 0.254 e. The van der Waals surface area contributed by atoms with Gasteiger partial charge in [0.05, 0.1) is 6.04 Å². The number of phenolic OH excluding ortho intramolecular Hbond substituents is 1. The maximum atomic E-state index is 12.7. The Labute approximate surface area is 133 Å². The van der Waals surface area contributed by atoms with E-state index in [9.17, 15) is 9.90 Å². The van der Waals surface area contributed by atoms with Gasteiger partial charge in [-0.15, -0.1) is 0 Å². The van der Waals surface area contributed by atoms with Crippen molar-refractivity contribution in [3.63, 3.8) is 0 Å². The fourth-order valence-corrected chi connectivity index (χ4v) is 3.24. The first-order chi connectivity index (χ1) is 11.2. The third-order valence-corrected chi connectivity index (χ3v) is 4.44. The molecule has 1 aromatic heterocycles. The Hall–Kier alpha value is -2.82. The molecule has 3 aromatic rings. The zero-order valence-electron chi connectivity index (χ0n) is 12.6. The Bertz CT molecular complexity index is 858. The predicted molar refractivity (Wildman–Crippen MR) is 87.4 cm³/mol. The number of nitrogens with zero attached hydrogens (tertiary/aromatic N) is 3. The monoisotopic (exact) mass is 307 g/mol. The number of benzene rings is 2. The minimum Gasteiger partial charge on any atom is -0.507 e. The molecule has 2 aromatic carbocycles. The molecule has 1 aliphatic rings. The average molecular weight is 307 g/mol. The van der Waals surface area contributed by atoms with E-state index in [2.05, 4.69) is 5.10 Å². The molecule has 1 atom stereocenters. The SMILES string of the molecule is O=C(c1cc(O)c2ccccc2c1)N1CCC(n2cccn2)C1. The molecule has 23 heavy (non-hydrogen) atoms. The lowest BCUT2D eigenvalue weighted by molar-refractivity contribution is 0.0787. The molecular formula is C18H17N3O2. The van der Waals surface area contributed by atoms with E-state index < -0.39 is 0 Å². The van der Waals surface area contributed by atoms with Crippen LogP contribution in [0.25, 0.3) is 10.8 Å². The zero-order valence-corrected chi connectivity index (χ0v) is 12.6. The number of carbonyl (C=O) groups excluding carboxylic acids is 1. The third-order valence-electron chi connectivity index (χ3n) is 4.44. The average Bonchev–Trinajstić information content (AvgIpc) is 3.25. The first kappa shape index (κ1) is 13.8. The van der Waals surface area contributed by atoms with Gasteiger partial charge in [-0.25, -0.2) is 0 Å². The molecule has 0 saturated carbocycles. The molecule has 1 saturated heterocycles. The summed E-state index contributed by atoms with van der Waals surface area (Å²) >= 11 is 0. The quantitative estimate of drug-likeness (QED) is 0.792. The van der Waals surface area contributed by atoms with Crippen LogP contribution in [0.1, 0.15) is 22.8 Å². The van der Waals surface area contributed by atoms with Crippen molar-refractivity contribution >= 4 is 16.7 Å². The van der Waals surface area contributed by atoms with Crippen molar-refractivity contribution in [1.82, 2.24) is 14.7 Å². The van der Waals surface area contributed by atoms with Crippen LogP contribution in [0.4, 0.5) is 0 Å². The van der Waals surface area contributed by atoms with Gasteiger partial charge in [-0.3, -0.25) is 9.48 Å². The lowest BCUT2D eigenvalue weighted by atomic mass is 10.1. The molecule has 0 aliphatic carbocycles. The minimum absolute atomic E-state index is 0.0410. The Morgan fingerprint density at radius 3 is 2.91 bits per heavy atom. The molecule has 0 radical (unpaired) electrons. The maximum absolute atomic E-state index is 12.7. The number of carbonyl (C=O) groups is 1. The van der Waals surface area contributed by atoms with E-state index in [1.165, 1.54) is 0 Å². The summed E-state index contributed by atoms with van der Waals surface area (Å²) in [4.78, 5) is 14.6. The van der Waals surface area contributed by atoms with Crippen LogP contribution in [0.15, 0.2) is 54.9 Å². The van der Waals surface area contributed by atoms with Crippen LogP contribution in [0.5, 0.6) is 5.75 Å². The van der Waals surface area contributed by atoms with E-state index >= 15 is 0 Å². The van der Waals surface area contributed by atoms with Crippen LogP contribution >= 0.6 is 0 Å². The Morgan fingerprint density at radius 1 is 1.22 bits per heavy atom. The molecular weight excluding hydrogens is 290 g/mol. The van der Waals surface area contributed by atoms with Crippen molar-refractivity contribution in [2.75, 3.05) is 13.1 Å². The van der Waals surface area contributed by atoms with Gasteiger partial charge in [-0.1, -0.05) is 24.3 Å². The Balaban J connectivity index is 1.60. The normalized spacial score (nSPS) is 17.7. The van der Waals surface area contributed by atoms with Gasteiger partial charge in [0.1, 0.15) is 5.75 Å². The van der Waals surface area contributed by atoms with Gasteiger partial charge < -0.3 is 10.0 Å². The van der Waals surface area contributed by atoms with Crippen molar-refractivity contribution in [2.24, 2.45) is 0 Å². The fraction of sp³-hybridized carbons (Fsp3) is 0.222. The van der Waals surface area contributed by atoms with Crippen LogP contribution < -0.4 is 0 Å². The molecule has 116 valence electrons. The lowest BCUT2D eigenvalue weighted by Crippen LogP contribution is -2.29. The molecule has 1 amide bonds. The van der Waals surface area contributed by atoms with Crippen molar-refractivity contribution in [1.29, 1.82) is 0 Å². The second kappa shape index (κ2) is 5.43. The molecule has 5 heteroatoms. The Kier molecular flexibility index (Phi) is 3.26. The number of aromatic hydroxyl groups is 1. The summed E-state index contributed by atoms with van der Waals surface area (Å²) in [5, 5.41) is 16.1. The van der Waals surface area contributed by atoms with Crippen LogP contribution in [-0.4, -0.2) is 38.8 Å². The molecule has 5 nitrogen and oxygen atoms in total. The molecule has 2 heterocycles. The number of amides is 1. The van der Waals surface area contributed by atoms with Crippen LogP contribution in [0.2, 0.25) is 0 Å². The lowest BCUT2D eigenvalue weighted by Gasteiger charge is -2.17. The number of rotatable bonds is 2. The summed E-state index contributed by atoms with van der Waals surface area (Å²) in [6.07, 6.45) is 4.58. The number of likely N-dealkylation sites (tertiary alicyclic amines) is 1. The minimum atomic E-state index is -0.0410. The van der Waals surface area contributed by atoms with Crippen LogP contribution in [-0.2, 0) is 0 Å². The largest absolute Gasteiger partial charge is 0.507 e. The maximum Gasteiger partial charge on any atom is 0.254 e. The van der Waals surface area contributed by atoms with E-state index in [0.29, 0.717) is 18.7 Å². The van der Waals surface area contributed by atoms with E-state index in [1.54, 1.807) is 12.3 Å². The van der Waals surface area contributed by atoms with Crippen molar-refractivity contribution in [2.45, 2.75) is 12.5 Å². The van der Waals surface area contributed by atoms with Gasteiger partial charge in [0.25, 0.3) is 5.91 Å². The second-order valence-electron chi connectivity index (χ2n) is 5.90. The van der Waals surface area contributed by atoms with Crippen molar-refractivity contribution < 1.29 is 9.90 Å². The number of hydrogen-bond donors (Lipinski definition) is 1. The summed E-state index contributed by atoms with van der Waals surface area (Å²) in [5.74, 6) is 0.106. The van der Waals surface area contributed by atoms with Gasteiger partial charge in [0.2, 0.25) is 0 Å². The molecule has 1 N–H and O–H groups in total. The van der Waals surface area contributed by atoms with Gasteiger partial charge in [-0.2, -0.15) is 5.10 Å². The summed E-state index contributed by atoms with van der Waals surface area (Å²) in [5.41, 5.74) is 0.530. The van der Waals surface area contributed by atoms with Gasteiger partial charge >= 0.3 is 0 Å². The highest BCUT2D eigenvalue weighted by Crippen LogP contribution is 2.28. The van der Waals surface area contributed by atoms with Crippen molar-refractivity contribution in [3.8, 4) is 5.75 Å². The summed E-state index contributed by atoms with van der Waals surface area (Å²) in [7, 11) is 0. The molecule has 4 rings (SSSR count). The standard InChI is InChI=1S/C18H17N3O2/c22-17-11-14(10-13-4-1-2-5-16(13)17)18(23)20-9-6-15(12-20)21-8-3-7-19-21/h1-5,7-8,10-11,15,22H,6,9,12H2. The van der Waals surface area contributed by atoms with Gasteiger partial charge in [0.15, 0.2) is 0 Å². The number of aromatic nitrogens is 2. The van der Waals surface area contributed by atoms with Crippen LogP contribution in [0.3, 0.4) is 0 Å². The number of hydrogen-bond acceptors (Lipinski definition) is 3. The fourth-order valence-electron chi connectivity index (χ4n) is 3.24. The summed E-state index contributed by atoms with van der Waals surface area (Å²) in [6, 6.07) is 13.1. The topological polar surface area (TPSA) is 58.4 Å². The first-order valence-electron chi connectivity index (χ1n) is 7.72. The number of phenols is 1. The highest BCUT2D eigenvalue weighted by atomic mass is 16.3. The van der Waals surface area contributed by atoms with E-state index in [-0.39, 0.29) is 17.7 Å². The molecule has 1 unspecified atom stereocenters. The third kappa shape index (κ3) is 2.44. The van der Waals surface area contributed by atoms with Crippen LogP contribution in [0, 0.1) is 0 Å². The molecule has 1 aliphatic heterocycles. The second-order valence-corrected chi connectivity index (χ2v) is 5.90. The molecule has 0 bridgehead atoms. The van der Waals surface area contributed by atoms with E-state index in [4.69, 9.17) is 0 Å². The summed E-state index contributed by atoms with van der Waals surface area (Å²) < 4.78 is 1.91. The van der Waals surface area contributed by atoms with E-state index in [1.807, 2.05) is 52.2 Å². The highest BCUT2D eigenvalue weighted by molar-refractivity contribution is 6.00. The predicted octanol–water partition coefficient (Wildman–Crippen LogP) is 2.83. The molecule has 1 fully saturated rings. The zero-order chi connectivity index (χ0) is 15.8. The molecule has 0 spiro atoms. The summed E-state index contributed by atoms with van der Waals surface area (Å²) in [6.45, 7) is 1.35. The first-order valence-corrected chi connectivity index (χ1v) is 7.72.